The largest absolute Gasteiger partial charge is 1.00 e. The SMILES string of the molecule is O=C(O)CC(NC(=O)CNC(=O)CCCCNc1ccccn1)c1ccc(-c2ccc(F)c(Cl)c2)cc1.[H-].[Na+]. The van der Waals surface area contributed by atoms with Crippen molar-refractivity contribution in [3.05, 3.63) is 83.3 Å². The van der Waals surface area contributed by atoms with Crippen LogP contribution in [0.4, 0.5) is 10.2 Å². The second kappa shape index (κ2) is 16.1. The van der Waals surface area contributed by atoms with Crippen LogP contribution in [0.1, 0.15) is 38.7 Å². The number of aliphatic carboxylic acids is 1. The van der Waals surface area contributed by atoms with Gasteiger partial charge in [0.15, 0.2) is 0 Å². The van der Waals surface area contributed by atoms with Gasteiger partial charge in [-0.05, 0) is 53.8 Å². The molecule has 8 nitrogen and oxygen atoms in total. The summed E-state index contributed by atoms with van der Waals surface area (Å²) in [5.41, 5.74) is 2.04. The van der Waals surface area contributed by atoms with Gasteiger partial charge in [-0.1, -0.05) is 48.0 Å². The molecule has 0 fully saturated rings. The maximum atomic E-state index is 13.4. The first-order valence-electron chi connectivity index (χ1n) is 11.8. The smallest absolute Gasteiger partial charge is 1.00 e. The van der Waals surface area contributed by atoms with E-state index in [-0.39, 0.29) is 61.3 Å². The molecule has 0 spiro atoms. The third-order valence-corrected chi connectivity index (χ3v) is 5.82. The van der Waals surface area contributed by atoms with Crippen LogP contribution >= 0.6 is 11.6 Å². The number of carboxylic acid groups (broad SMARTS) is 1. The number of carboxylic acids is 1. The molecule has 1 heterocycles. The quantitative estimate of drug-likeness (QED) is 0.190. The molecule has 0 bridgehead atoms. The van der Waals surface area contributed by atoms with Gasteiger partial charge in [0.25, 0.3) is 0 Å². The summed E-state index contributed by atoms with van der Waals surface area (Å²) in [7, 11) is 0. The number of anilines is 1. The Morgan fingerprint density at radius 2 is 1.74 bits per heavy atom. The van der Waals surface area contributed by atoms with Crippen LogP contribution in [0.15, 0.2) is 66.9 Å². The summed E-state index contributed by atoms with van der Waals surface area (Å²) in [6, 6.07) is 16.0. The number of aromatic nitrogens is 1. The summed E-state index contributed by atoms with van der Waals surface area (Å²) in [5.74, 6) is -1.58. The minimum atomic E-state index is -1.08. The fourth-order valence-corrected chi connectivity index (χ4v) is 3.80. The Morgan fingerprint density at radius 1 is 1.00 bits per heavy atom. The molecule has 1 unspecified atom stereocenters. The summed E-state index contributed by atoms with van der Waals surface area (Å²) in [6.07, 6.45) is 3.04. The standard InChI is InChI=1S/C27H28ClFN4O4.Na.H/c28-21-15-20(11-12-22(21)29)18-7-9-19(10-8-18)23(16-27(36)37)33-26(35)17-32-25(34)6-2-4-14-31-24-5-1-3-13-30-24;;/h1,3,5,7-13,15,23H,2,4,6,14,16-17H2,(H,30,31)(H,32,34)(H,33,35)(H,36,37);;/q;+1;-1. The van der Waals surface area contributed by atoms with Crippen molar-refractivity contribution in [3.63, 3.8) is 0 Å². The number of nitrogens with one attached hydrogen (secondary N) is 3. The third-order valence-electron chi connectivity index (χ3n) is 5.53. The fraction of sp³-hybridized carbons (Fsp3) is 0.259. The Morgan fingerprint density at radius 3 is 2.39 bits per heavy atom. The topological polar surface area (TPSA) is 120 Å². The zero-order valence-electron chi connectivity index (χ0n) is 22.0. The number of rotatable bonds is 13. The molecule has 3 rings (SSSR count). The van der Waals surface area contributed by atoms with Gasteiger partial charge in [-0.15, -0.1) is 0 Å². The predicted octanol–water partition coefficient (Wildman–Crippen LogP) is 1.69. The molecule has 0 aliphatic rings. The number of benzene rings is 2. The number of carbonyl (C=O) groups excluding carboxylic acids is 2. The van der Waals surface area contributed by atoms with Crippen LogP contribution in [0.5, 0.6) is 0 Å². The molecule has 0 radical (unpaired) electrons. The maximum absolute atomic E-state index is 13.4. The van der Waals surface area contributed by atoms with E-state index in [9.17, 15) is 23.9 Å². The normalized spacial score (nSPS) is 11.1. The van der Waals surface area contributed by atoms with E-state index >= 15 is 0 Å². The van der Waals surface area contributed by atoms with Crippen molar-refractivity contribution in [1.29, 1.82) is 0 Å². The van der Waals surface area contributed by atoms with Crippen molar-refractivity contribution >= 4 is 35.2 Å². The molecule has 0 aliphatic heterocycles. The van der Waals surface area contributed by atoms with Crippen molar-refractivity contribution < 1.29 is 54.9 Å². The molecule has 196 valence electrons. The summed E-state index contributed by atoms with van der Waals surface area (Å²) in [5, 5.41) is 17.7. The van der Waals surface area contributed by atoms with E-state index in [4.69, 9.17) is 11.6 Å². The molecule has 0 saturated carbocycles. The van der Waals surface area contributed by atoms with Gasteiger partial charge in [0.1, 0.15) is 11.6 Å². The van der Waals surface area contributed by atoms with Crippen LogP contribution in [0.25, 0.3) is 11.1 Å². The minimum absolute atomic E-state index is 0. The average molecular weight is 551 g/mol. The Hall–Kier alpha value is -2.98. The molecule has 4 N–H and O–H groups in total. The number of pyridine rings is 1. The number of halogens is 2. The molecule has 1 atom stereocenters. The number of carbonyl (C=O) groups is 3. The van der Waals surface area contributed by atoms with Gasteiger partial charge in [0.2, 0.25) is 11.8 Å². The zero-order chi connectivity index (χ0) is 26.6. The Labute approximate surface area is 249 Å². The van der Waals surface area contributed by atoms with Crippen LogP contribution in [-0.4, -0.2) is 41.0 Å². The average Bonchev–Trinajstić information content (AvgIpc) is 2.89. The first kappa shape index (κ1) is 31.2. The first-order chi connectivity index (χ1) is 17.8. The fourth-order valence-electron chi connectivity index (χ4n) is 3.62. The van der Waals surface area contributed by atoms with Crippen molar-refractivity contribution in [3.8, 4) is 11.1 Å². The molecule has 11 heteroatoms. The molecule has 1 aromatic heterocycles. The van der Waals surface area contributed by atoms with Crippen molar-refractivity contribution in [2.45, 2.75) is 31.7 Å². The number of hydrogen-bond donors (Lipinski definition) is 4. The summed E-state index contributed by atoms with van der Waals surface area (Å²) < 4.78 is 13.4. The van der Waals surface area contributed by atoms with Crippen LogP contribution in [0.2, 0.25) is 5.02 Å². The Balaban J connectivity index is 0.00000380. The monoisotopic (exact) mass is 550 g/mol. The molecular formula is C27H29ClFN4NaO4. The van der Waals surface area contributed by atoms with E-state index in [2.05, 4.69) is 20.9 Å². The maximum Gasteiger partial charge on any atom is 1.00 e. The number of amides is 2. The van der Waals surface area contributed by atoms with Crippen LogP contribution in [0, 0.1) is 5.82 Å². The van der Waals surface area contributed by atoms with Crippen molar-refractivity contribution in [2.24, 2.45) is 0 Å². The van der Waals surface area contributed by atoms with Gasteiger partial charge < -0.3 is 22.5 Å². The zero-order valence-corrected chi connectivity index (χ0v) is 23.8. The van der Waals surface area contributed by atoms with Crippen LogP contribution < -0.4 is 45.5 Å². The van der Waals surface area contributed by atoms with Crippen LogP contribution in [0.3, 0.4) is 0 Å². The second-order valence-corrected chi connectivity index (χ2v) is 8.75. The minimum Gasteiger partial charge on any atom is -1.00 e. The molecule has 2 aromatic carbocycles. The predicted molar refractivity (Wildman–Crippen MR) is 141 cm³/mol. The van der Waals surface area contributed by atoms with Crippen LogP contribution in [-0.2, 0) is 14.4 Å². The van der Waals surface area contributed by atoms with E-state index in [1.54, 1.807) is 36.5 Å². The van der Waals surface area contributed by atoms with Gasteiger partial charge in [-0.2, -0.15) is 0 Å². The van der Waals surface area contributed by atoms with E-state index in [1.807, 2.05) is 18.2 Å². The summed E-state index contributed by atoms with van der Waals surface area (Å²) >= 11 is 5.85. The van der Waals surface area contributed by atoms with Gasteiger partial charge >= 0.3 is 35.5 Å². The molecule has 0 aliphatic carbocycles. The van der Waals surface area contributed by atoms with Gasteiger partial charge in [0.05, 0.1) is 24.0 Å². The molecular weight excluding hydrogens is 522 g/mol. The summed E-state index contributed by atoms with van der Waals surface area (Å²) in [4.78, 5) is 40.0. The second-order valence-electron chi connectivity index (χ2n) is 8.34. The molecule has 0 saturated heterocycles. The Bertz CT molecular complexity index is 1220. The van der Waals surface area contributed by atoms with E-state index in [0.717, 1.165) is 17.8 Å². The summed E-state index contributed by atoms with van der Waals surface area (Å²) in [6.45, 7) is 0.419. The van der Waals surface area contributed by atoms with Gasteiger partial charge in [-0.3, -0.25) is 14.4 Å². The third kappa shape index (κ3) is 10.4. The first-order valence-corrected chi connectivity index (χ1v) is 12.2. The Kier molecular flexibility index (Phi) is 13.2. The number of unbranched alkanes of at least 4 members (excludes halogenated alkanes) is 1. The van der Waals surface area contributed by atoms with Gasteiger partial charge in [0, 0.05) is 19.2 Å². The van der Waals surface area contributed by atoms with E-state index in [0.29, 0.717) is 24.1 Å². The van der Waals surface area contributed by atoms with E-state index < -0.39 is 23.7 Å². The molecule has 2 amide bonds. The number of nitrogens with zero attached hydrogens (tertiary/aromatic N) is 1. The van der Waals surface area contributed by atoms with Crippen molar-refractivity contribution in [1.82, 2.24) is 15.6 Å². The molecule has 38 heavy (non-hydrogen) atoms. The van der Waals surface area contributed by atoms with Crippen molar-refractivity contribution in [2.75, 3.05) is 18.4 Å². The van der Waals surface area contributed by atoms with Gasteiger partial charge in [-0.25, -0.2) is 9.37 Å². The van der Waals surface area contributed by atoms with E-state index in [1.165, 1.54) is 12.1 Å². The number of hydrogen-bond acceptors (Lipinski definition) is 5. The molecule has 3 aromatic rings.